The van der Waals surface area contributed by atoms with Crippen molar-refractivity contribution in [3.63, 3.8) is 0 Å². The highest BCUT2D eigenvalue weighted by Crippen LogP contribution is 2.69. The van der Waals surface area contributed by atoms with Crippen molar-refractivity contribution in [3.05, 3.63) is 267 Å². The third-order valence-corrected chi connectivity index (χ3v) is 17.8. The van der Waals surface area contributed by atoms with Crippen LogP contribution in [-0.2, 0) is 27.1 Å². The maximum atomic E-state index is 7.08. The molecule has 2 unspecified atom stereocenters. The number of anilines is 3. The molecule has 0 saturated carbocycles. The molecular formula is C71H57NO2. The van der Waals surface area contributed by atoms with Crippen molar-refractivity contribution >= 4 is 39.0 Å². The van der Waals surface area contributed by atoms with E-state index in [-0.39, 0.29) is 16.2 Å². The lowest BCUT2D eigenvalue weighted by Crippen LogP contribution is -2.33. The average molecular weight is 956 g/mol. The Labute approximate surface area is 434 Å². The summed E-state index contributed by atoms with van der Waals surface area (Å²) in [6.07, 6.45) is 8.06. The minimum Gasteiger partial charge on any atom is -0.457 e. The molecule has 5 aliphatic rings. The molecule has 0 saturated heterocycles. The summed E-state index contributed by atoms with van der Waals surface area (Å²) in [5, 5.41) is 2.18. The van der Waals surface area contributed by atoms with Crippen LogP contribution in [0.15, 0.2) is 216 Å². The summed E-state index contributed by atoms with van der Waals surface area (Å²) in [5.74, 6) is 1.79. The molecular weight excluding hydrogens is 899 g/mol. The smallest absolute Gasteiger partial charge is 0.137 e. The third kappa shape index (κ3) is 5.47. The van der Waals surface area contributed by atoms with Gasteiger partial charge < -0.3 is 14.1 Å². The number of rotatable bonds is 3. The van der Waals surface area contributed by atoms with Crippen LogP contribution in [0.5, 0.6) is 11.5 Å². The molecule has 0 amide bonds. The van der Waals surface area contributed by atoms with Gasteiger partial charge in [0.05, 0.1) is 27.6 Å². The monoisotopic (exact) mass is 955 g/mol. The van der Waals surface area contributed by atoms with Gasteiger partial charge in [-0.1, -0.05) is 194 Å². The Morgan fingerprint density at radius 2 is 1.04 bits per heavy atom. The van der Waals surface area contributed by atoms with Gasteiger partial charge in [-0.05, 0) is 145 Å². The number of nitrogens with zero attached hydrogens (tertiary/aromatic N) is 1. The maximum absolute atomic E-state index is 7.08. The predicted molar refractivity (Wildman–Crippen MR) is 304 cm³/mol. The van der Waals surface area contributed by atoms with Crippen molar-refractivity contribution in [1.29, 1.82) is 0 Å². The summed E-state index contributed by atoms with van der Waals surface area (Å²) in [6, 6.07) is 71.1. The molecule has 0 N–H and O–H groups in total. The van der Waals surface area contributed by atoms with Crippen LogP contribution in [0.3, 0.4) is 0 Å². The lowest BCUT2D eigenvalue weighted by atomic mass is 9.64. The largest absolute Gasteiger partial charge is 0.457 e. The molecule has 4 aliphatic carbocycles. The first kappa shape index (κ1) is 43.4. The van der Waals surface area contributed by atoms with E-state index < -0.39 is 10.8 Å². The van der Waals surface area contributed by atoms with Crippen LogP contribution in [-0.4, -0.2) is 0 Å². The van der Waals surface area contributed by atoms with E-state index in [4.69, 9.17) is 9.15 Å². The van der Waals surface area contributed by atoms with E-state index in [1.807, 2.05) is 0 Å². The Balaban J connectivity index is 1.07. The second kappa shape index (κ2) is 14.8. The quantitative estimate of drug-likeness (QED) is 0.176. The van der Waals surface area contributed by atoms with Crippen LogP contribution in [0.2, 0.25) is 0 Å². The van der Waals surface area contributed by atoms with E-state index in [2.05, 4.69) is 260 Å². The molecule has 10 aromatic rings. The number of para-hydroxylation sites is 1. The second-order valence-electron chi connectivity index (χ2n) is 23.7. The molecule has 2 spiro atoms. The van der Waals surface area contributed by atoms with Crippen molar-refractivity contribution < 1.29 is 9.15 Å². The van der Waals surface area contributed by atoms with Crippen LogP contribution in [0.25, 0.3) is 44.2 Å². The fraction of sp³-hybridized carbons (Fsp3) is 0.183. The molecule has 1 aliphatic heterocycles. The van der Waals surface area contributed by atoms with Gasteiger partial charge in [0.1, 0.15) is 22.7 Å². The summed E-state index contributed by atoms with van der Waals surface area (Å²) >= 11 is 0. The lowest BCUT2D eigenvalue weighted by molar-refractivity contribution is 0.433. The molecule has 15 rings (SSSR count). The van der Waals surface area contributed by atoms with Crippen LogP contribution in [0.1, 0.15) is 111 Å². The lowest BCUT2D eigenvalue weighted by Gasteiger charge is -2.41. The molecule has 3 heteroatoms. The predicted octanol–water partition coefficient (Wildman–Crippen LogP) is 18.6. The molecule has 358 valence electrons. The Bertz CT molecular complexity index is 4080. The van der Waals surface area contributed by atoms with Gasteiger partial charge in [0.25, 0.3) is 0 Å². The highest BCUT2D eigenvalue weighted by molar-refractivity contribution is 6.14. The van der Waals surface area contributed by atoms with Gasteiger partial charge >= 0.3 is 0 Å². The van der Waals surface area contributed by atoms with Gasteiger partial charge in [-0.15, -0.1) is 0 Å². The molecule has 74 heavy (non-hydrogen) atoms. The summed E-state index contributed by atoms with van der Waals surface area (Å²) in [7, 11) is 0. The first-order valence-corrected chi connectivity index (χ1v) is 26.5. The van der Waals surface area contributed by atoms with E-state index in [0.29, 0.717) is 0 Å². The SMILES string of the molecule is CC(C)(C)c1ccc2c(c1)C1(c3cc(C(C)(C)C)ccc3O2)c2ccccc2-c2c(N(c3ccc4c(c3)C3(C5=CC=CCC5(C)c5ccccc53)c3ccccc3-4)c3cccc4oc5ccccc5c34)cccc21. The van der Waals surface area contributed by atoms with Gasteiger partial charge in [-0.25, -0.2) is 0 Å². The number of benzene rings is 9. The van der Waals surface area contributed by atoms with Gasteiger partial charge in [-0.2, -0.15) is 0 Å². The van der Waals surface area contributed by atoms with Crippen molar-refractivity contribution in [1.82, 2.24) is 0 Å². The van der Waals surface area contributed by atoms with Crippen molar-refractivity contribution in [2.24, 2.45) is 0 Å². The summed E-state index contributed by atoms with van der Waals surface area (Å²) < 4.78 is 13.8. The van der Waals surface area contributed by atoms with Gasteiger partial charge in [0.2, 0.25) is 0 Å². The highest BCUT2D eigenvalue weighted by Gasteiger charge is 2.59. The first-order chi connectivity index (χ1) is 35.8. The first-order valence-electron chi connectivity index (χ1n) is 26.5. The normalized spacial score (nSPS) is 19.0. The van der Waals surface area contributed by atoms with E-state index in [0.717, 1.165) is 56.9 Å². The van der Waals surface area contributed by atoms with Crippen LogP contribution < -0.4 is 9.64 Å². The van der Waals surface area contributed by atoms with Gasteiger partial charge in [-0.3, -0.25) is 0 Å². The van der Waals surface area contributed by atoms with Gasteiger partial charge in [0, 0.05) is 33.2 Å². The summed E-state index contributed by atoms with van der Waals surface area (Å²) in [6.45, 7) is 16.4. The fourth-order valence-corrected chi connectivity index (χ4v) is 14.4. The van der Waals surface area contributed by atoms with Crippen molar-refractivity contribution in [2.75, 3.05) is 4.90 Å². The zero-order valence-electron chi connectivity index (χ0n) is 43.1. The zero-order chi connectivity index (χ0) is 50.1. The molecule has 0 fully saturated rings. The Kier molecular flexibility index (Phi) is 8.67. The molecule has 2 atom stereocenters. The third-order valence-electron chi connectivity index (χ3n) is 17.8. The number of furan rings is 1. The summed E-state index contributed by atoms with van der Waals surface area (Å²) in [5.41, 5.74) is 22.8. The molecule has 9 aromatic carbocycles. The number of allylic oxidation sites excluding steroid dienone is 4. The maximum Gasteiger partial charge on any atom is 0.137 e. The van der Waals surface area contributed by atoms with Crippen LogP contribution >= 0.6 is 0 Å². The number of hydrogen-bond donors (Lipinski definition) is 0. The number of fused-ring (bicyclic) bond motifs is 22. The van der Waals surface area contributed by atoms with E-state index in [1.165, 1.54) is 83.5 Å². The van der Waals surface area contributed by atoms with Crippen molar-refractivity contribution in [2.45, 2.75) is 82.0 Å². The molecule has 2 heterocycles. The molecule has 1 aromatic heterocycles. The number of ether oxygens (including phenoxy) is 1. The molecule has 0 bridgehead atoms. The Morgan fingerprint density at radius 1 is 0.459 bits per heavy atom. The average Bonchev–Trinajstić information content (AvgIpc) is 4.12. The van der Waals surface area contributed by atoms with E-state index in [1.54, 1.807) is 0 Å². The zero-order valence-corrected chi connectivity index (χ0v) is 43.1. The van der Waals surface area contributed by atoms with Gasteiger partial charge in [0.15, 0.2) is 0 Å². The minimum atomic E-state index is -0.698. The minimum absolute atomic E-state index is 0.0960. The van der Waals surface area contributed by atoms with E-state index >= 15 is 0 Å². The topological polar surface area (TPSA) is 25.6 Å². The van der Waals surface area contributed by atoms with Crippen molar-refractivity contribution in [3.8, 4) is 33.8 Å². The second-order valence-corrected chi connectivity index (χ2v) is 23.7. The molecule has 0 radical (unpaired) electrons. The standard InChI is InChI=1S/C71H57NO2/c1-67(2,3)43-33-37-61-56(40-43)70(57-41-44(68(4,5)6)34-38-62(57)74-61)51-24-12-9-21-48(51)65-54(70)27-18-28-58(65)72(59-29-19-31-63-66(59)49-22-10-15-30-60(49)73-63)45-35-36-47-46-20-8-11-23-50(46)71(55(47)42-45)53-26-14-13-25-52(53)69(7)39-17-16-32-64(69)71/h8-38,40-42H,39H2,1-7H3. The van der Waals surface area contributed by atoms with E-state index in [9.17, 15) is 0 Å². The van der Waals surface area contributed by atoms with Crippen LogP contribution in [0, 0.1) is 0 Å². The highest BCUT2D eigenvalue weighted by atomic mass is 16.5. The summed E-state index contributed by atoms with van der Waals surface area (Å²) in [4.78, 5) is 2.57. The number of hydrogen-bond acceptors (Lipinski definition) is 3. The molecule has 3 nitrogen and oxygen atoms in total. The fourth-order valence-electron chi connectivity index (χ4n) is 14.4. The Hall–Kier alpha value is -8.14. The van der Waals surface area contributed by atoms with Crippen LogP contribution in [0.4, 0.5) is 17.1 Å². The Morgan fingerprint density at radius 3 is 1.77 bits per heavy atom.